The summed E-state index contributed by atoms with van der Waals surface area (Å²) in [5.74, 6) is -2.52. The number of ether oxygens (including phenoxy) is 3. The van der Waals surface area contributed by atoms with E-state index in [9.17, 15) is 34.8 Å². The maximum Gasteiger partial charge on any atom is 0.335 e. The van der Waals surface area contributed by atoms with Gasteiger partial charge in [0.2, 0.25) is 6.29 Å². The highest BCUT2D eigenvalue weighted by atomic mass is 16.7. The zero-order valence-electron chi connectivity index (χ0n) is 21.4. The van der Waals surface area contributed by atoms with Gasteiger partial charge in [0.05, 0.1) is 5.56 Å². The number of nitrogens with one attached hydrogen (secondary N) is 2. The minimum absolute atomic E-state index is 0.0369. The molecule has 0 bridgehead atoms. The number of amides is 1. The lowest BCUT2D eigenvalue weighted by molar-refractivity contribution is -0.271. The lowest BCUT2D eigenvalue weighted by Gasteiger charge is -2.38. The normalized spacial score (nSPS) is 23.5. The first-order chi connectivity index (χ1) is 17.5. The molecule has 1 heterocycles. The second-order valence-electron chi connectivity index (χ2n) is 9.12. The molecule has 1 fully saturated rings. The SMILES string of the molecule is CCC(=O)OCc1ccc(O[C@H]2O[C@H](C(=O)O)[C@@H](O)[C@H](O)[C@H]2O)c(C(=O)NCCCCCNC(C)C)c1. The molecule has 0 aliphatic carbocycles. The number of hydrogen-bond donors (Lipinski definition) is 6. The smallest absolute Gasteiger partial charge is 0.335 e. The number of carboxylic acid groups (broad SMARTS) is 1. The summed E-state index contributed by atoms with van der Waals surface area (Å²) < 4.78 is 15.9. The Morgan fingerprint density at radius 1 is 1.03 bits per heavy atom. The first-order valence-corrected chi connectivity index (χ1v) is 12.4. The average Bonchev–Trinajstić information content (AvgIpc) is 2.86. The number of carboxylic acids is 1. The largest absolute Gasteiger partial charge is 0.479 e. The summed E-state index contributed by atoms with van der Waals surface area (Å²) in [6, 6.07) is 4.79. The standard InChI is InChI=1S/C25H38N2O10/c1-4-18(28)35-13-15-8-9-17(36-25-21(31)19(29)20(30)22(37-25)24(33)34)16(12-15)23(32)27-11-7-5-6-10-26-14(2)3/h8-9,12,14,19-22,25-26,29-31H,4-7,10-11,13H2,1-3H3,(H,27,32)(H,33,34)/t19-,20-,21+,22-,25-/m0/s1. The highest BCUT2D eigenvalue weighted by Gasteiger charge is 2.48. The summed E-state index contributed by atoms with van der Waals surface area (Å²) in [6.45, 7) is 6.98. The van der Waals surface area contributed by atoms with Gasteiger partial charge >= 0.3 is 11.9 Å². The molecule has 1 aromatic carbocycles. The second-order valence-corrected chi connectivity index (χ2v) is 9.12. The Kier molecular flexibility index (Phi) is 12.2. The van der Waals surface area contributed by atoms with Crippen LogP contribution in [-0.4, -0.2) is 88.1 Å². The van der Waals surface area contributed by atoms with Crippen LogP contribution in [0.1, 0.15) is 62.4 Å². The third-order valence-electron chi connectivity index (χ3n) is 5.72. The minimum atomic E-state index is -1.87. The summed E-state index contributed by atoms with van der Waals surface area (Å²) in [7, 11) is 0. The number of rotatable bonds is 14. The molecule has 12 nitrogen and oxygen atoms in total. The van der Waals surface area contributed by atoms with E-state index in [2.05, 4.69) is 24.5 Å². The van der Waals surface area contributed by atoms with Crippen LogP contribution in [0.15, 0.2) is 18.2 Å². The van der Waals surface area contributed by atoms with E-state index < -0.39 is 48.6 Å². The van der Waals surface area contributed by atoms with Crippen molar-refractivity contribution in [3.05, 3.63) is 29.3 Å². The van der Waals surface area contributed by atoms with Gasteiger partial charge in [-0.15, -0.1) is 0 Å². The van der Waals surface area contributed by atoms with Crippen molar-refractivity contribution in [3.8, 4) is 5.75 Å². The van der Waals surface area contributed by atoms with Gasteiger partial charge in [-0.2, -0.15) is 0 Å². The lowest BCUT2D eigenvalue weighted by atomic mass is 9.99. The van der Waals surface area contributed by atoms with E-state index in [1.807, 2.05) is 0 Å². The van der Waals surface area contributed by atoms with E-state index in [1.165, 1.54) is 18.2 Å². The number of esters is 1. The van der Waals surface area contributed by atoms with Crippen molar-refractivity contribution >= 4 is 17.8 Å². The van der Waals surface area contributed by atoms with Gasteiger partial charge < -0.3 is 45.3 Å². The molecule has 1 aliphatic rings. The van der Waals surface area contributed by atoms with Crippen molar-refractivity contribution in [3.63, 3.8) is 0 Å². The predicted molar refractivity (Wildman–Crippen MR) is 131 cm³/mol. The molecule has 0 saturated carbocycles. The Morgan fingerprint density at radius 3 is 2.38 bits per heavy atom. The monoisotopic (exact) mass is 526 g/mol. The molecule has 2 rings (SSSR count). The van der Waals surface area contributed by atoms with Gasteiger partial charge in [-0.05, 0) is 37.1 Å². The number of carbonyl (C=O) groups excluding carboxylic acids is 2. The molecule has 1 saturated heterocycles. The first kappa shape index (κ1) is 30.5. The van der Waals surface area contributed by atoms with Gasteiger partial charge in [-0.3, -0.25) is 9.59 Å². The molecule has 1 aliphatic heterocycles. The summed E-state index contributed by atoms with van der Waals surface area (Å²) in [5.41, 5.74) is 0.540. The summed E-state index contributed by atoms with van der Waals surface area (Å²) >= 11 is 0. The fourth-order valence-electron chi connectivity index (χ4n) is 3.60. The average molecular weight is 527 g/mol. The Labute approximate surface area is 215 Å². The number of hydrogen-bond acceptors (Lipinski definition) is 10. The number of aliphatic hydroxyl groups excluding tert-OH is 3. The van der Waals surface area contributed by atoms with Crippen molar-refractivity contribution in [2.45, 2.75) is 89.8 Å². The molecule has 1 amide bonds. The summed E-state index contributed by atoms with van der Waals surface area (Å²) in [5, 5.41) is 45.6. The van der Waals surface area contributed by atoms with E-state index in [0.717, 1.165) is 25.8 Å². The zero-order chi connectivity index (χ0) is 27.5. The van der Waals surface area contributed by atoms with E-state index in [4.69, 9.17) is 14.2 Å². The number of carbonyl (C=O) groups is 3. The Hall–Kier alpha value is -2.77. The number of unbranched alkanes of at least 4 members (excludes halogenated alkanes) is 2. The van der Waals surface area contributed by atoms with Crippen LogP contribution in [0.2, 0.25) is 0 Å². The first-order valence-electron chi connectivity index (χ1n) is 12.4. The van der Waals surface area contributed by atoms with Crippen LogP contribution < -0.4 is 15.4 Å². The molecule has 0 aromatic heterocycles. The van der Waals surface area contributed by atoms with E-state index >= 15 is 0 Å². The molecule has 1 aromatic rings. The molecular weight excluding hydrogens is 488 g/mol. The summed E-state index contributed by atoms with van der Waals surface area (Å²) in [6.07, 6.45) is -6.25. The van der Waals surface area contributed by atoms with Crippen molar-refractivity contribution < 1.29 is 49.0 Å². The molecule has 0 spiro atoms. The number of aliphatic hydroxyl groups is 3. The lowest BCUT2D eigenvalue weighted by Crippen LogP contribution is -2.61. The number of aliphatic carboxylic acids is 1. The van der Waals surface area contributed by atoms with Crippen LogP contribution in [0.4, 0.5) is 0 Å². The Morgan fingerprint density at radius 2 is 1.73 bits per heavy atom. The van der Waals surface area contributed by atoms with E-state index in [1.54, 1.807) is 6.92 Å². The van der Waals surface area contributed by atoms with Crippen molar-refractivity contribution in [1.29, 1.82) is 0 Å². The summed E-state index contributed by atoms with van der Waals surface area (Å²) in [4.78, 5) is 35.9. The topological polar surface area (TPSA) is 184 Å². The third-order valence-corrected chi connectivity index (χ3v) is 5.72. The second kappa shape index (κ2) is 14.8. The molecule has 0 unspecified atom stereocenters. The highest BCUT2D eigenvalue weighted by molar-refractivity contribution is 5.97. The quantitative estimate of drug-likeness (QED) is 0.145. The van der Waals surface area contributed by atoms with Crippen LogP contribution in [0, 0.1) is 0 Å². The van der Waals surface area contributed by atoms with Crippen LogP contribution >= 0.6 is 0 Å². The maximum absolute atomic E-state index is 13.0. The fourth-order valence-corrected chi connectivity index (χ4v) is 3.60. The van der Waals surface area contributed by atoms with E-state index in [0.29, 0.717) is 18.2 Å². The third kappa shape index (κ3) is 9.24. The maximum atomic E-state index is 13.0. The molecule has 0 radical (unpaired) electrons. The van der Waals surface area contributed by atoms with Gasteiger partial charge in [-0.25, -0.2) is 4.79 Å². The molecule has 37 heavy (non-hydrogen) atoms. The van der Waals surface area contributed by atoms with Gasteiger partial charge in [-0.1, -0.05) is 33.3 Å². The van der Waals surface area contributed by atoms with E-state index in [-0.39, 0.29) is 24.3 Å². The predicted octanol–water partition coefficient (Wildman–Crippen LogP) is 0.309. The van der Waals surface area contributed by atoms with Crippen molar-refractivity contribution in [2.24, 2.45) is 0 Å². The number of benzene rings is 1. The van der Waals surface area contributed by atoms with Crippen molar-refractivity contribution in [2.75, 3.05) is 13.1 Å². The molecular formula is C25H38N2O10. The highest BCUT2D eigenvalue weighted by Crippen LogP contribution is 2.28. The van der Waals surface area contributed by atoms with Crippen molar-refractivity contribution in [1.82, 2.24) is 10.6 Å². The Balaban J connectivity index is 2.14. The molecule has 5 atom stereocenters. The molecule has 6 N–H and O–H groups in total. The van der Waals surface area contributed by atoms with Crippen LogP contribution in [0.5, 0.6) is 5.75 Å². The molecule has 208 valence electrons. The van der Waals surface area contributed by atoms with Crippen LogP contribution in [0.25, 0.3) is 0 Å². The Bertz CT molecular complexity index is 909. The molecule has 12 heteroatoms. The van der Waals surface area contributed by atoms with Gasteiger partial charge in [0.1, 0.15) is 30.7 Å². The minimum Gasteiger partial charge on any atom is -0.479 e. The van der Waals surface area contributed by atoms with Gasteiger partial charge in [0.15, 0.2) is 6.10 Å². The fraction of sp³-hybridized carbons (Fsp3) is 0.640. The van der Waals surface area contributed by atoms with Crippen LogP contribution in [0.3, 0.4) is 0 Å². The van der Waals surface area contributed by atoms with Gasteiger partial charge in [0, 0.05) is 19.0 Å². The van der Waals surface area contributed by atoms with Crippen LogP contribution in [-0.2, 0) is 25.7 Å². The zero-order valence-corrected chi connectivity index (χ0v) is 21.4. The van der Waals surface area contributed by atoms with Gasteiger partial charge in [0.25, 0.3) is 5.91 Å².